The molecule has 0 unspecified atom stereocenters. The molecule has 25 heavy (non-hydrogen) atoms. The van der Waals surface area contributed by atoms with Crippen LogP contribution < -0.4 is 11.1 Å². The molecule has 0 aliphatic carbocycles. The quantitative estimate of drug-likeness (QED) is 0.737. The van der Waals surface area contributed by atoms with Crippen LogP contribution in [0, 0.1) is 11.6 Å². The predicted octanol–water partition coefficient (Wildman–Crippen LogP) is 3.14. The van der Waals surface area contributed by atoms with Crippen molar-refractivity contribution >= 4 is 39.3 Å². The zero-order valence-corrected chi connectivity index (χ0v) is 15.2. The van der Waals surface area contributed by atoms with Crippen LogP contribution in [0.4, 0.5) is 8.78 Å². The van der Waals surface area contributed by atoms with Crippen molar-refractivity contribution < 1.29 is 18.4 Å². The van der Waals surface area contributed by atoms with Crippen molar-refractivity contribution in [2.24, 2.45) is 5.73 Å². The maximum Gasteiger partial charge on any atom is 0.240 e. The van der Waals surface area contributed by atoms with Crippen LogP contribution in [0.5, 0.6) is 0 Å². The minimum absolute atomic E-state index is 0.0195. The number of carbonyl (C=O) groups is 2. The van der Waals surface area contributed by atoms with Gasteiger partial charge in [0.1, 0.15) is 17.7 Å². The van der Waals surface area contributed by atoms with Crippen LogP contribution in [0.2, 0.25) is 5.02 Å². The Morgan fingerprint density at radius 1 is 1.16 bits per heavy atom. The van der Waals surface area contributed by atoms with Crippen molar-refractivity contribution in [2.45, 2.75) is 18.9 Å². The lowest BCUT2D eigenvalue weighted by Gasteiger charge is -2.17. The molecule has 4 nitrogen and oxygen atoms in total. The molecule has 0 aromatic heterocycles. The first kappa shape index (κ1) is 19.3. The Bertz CT molecular complexity index is 817. The zero-order valence-electron chi connectivity index (χ0n) is 12.9. The zero-order chi connectivity index (χ0) is 18.6. The fraction of sp³-hybridized carbons (Fsp3) is 0.176. The van der Waals surface area contributed by atoms with Crippen molar-refractivity contribution in [2.75, 3.05) is 0 Å². The van der Waals surface area contributed by atoms with E-state index in [1.54, 1.807) is 18.2 Å². The highest BCUT2D eigenvalue weighted by Gasteiger charge is 2.21. The van der Waals surface area contributed by atoms with E-state index in [2.05, 4.69) is 21.2 Å². The van der Waals surface area contributed by atoms with Gasteiger partial charge in [0.25, 0.3) is 0 Å². The molecule has 0 bridgehead atoms. The average molecular weight is 432 g/mol. The number of nitrogens with two attached hydrogens (primary N) is 1. The first-order chi connectivity index (χ1) is 11.8. The summed E-state index contributed by atoms with van der Waals surface area (Å²) in [6.45, 7) is 0. The van der Waals surface area contributed by atoms with Gasteiger partial charge in [-0.15, -0.1) is 0 Å². The summed E-state index contributed by atoms with van der Waals surface area (Å²) >= 11 is 9.26. The molecule has 0 aliphatic rings. The minimum Gasteiger partial charge on any atom is -0.368 e. The average Bonchev–Trinajstić information content (AvgIpc) is 2.52. The summed E-state index contributed by atoms with van der Waals surface area (Å²) in [4.78, 5) is 23.7. The second kappa shape index (κ2) is 8.40. The normalized spacial score (nSPS) is 11.8. The Morgan fingerprint density at radius 3 is 2.52 bits per heavy atom. The standard InChI is InChI=1S/C17H14BrClF2N2O2/c18-13-4-2-11(19)5-10(13)6-15(17(22)25)23-16(24)7-9-1-3-12(20)8-14(9)21/h1-5,8,15H,6-7H2,(H2,22,25)(H,23,24)/t15-/m1/s1. The highest BCUT2D eigenvalue weighted by atomic mass is 79.9. The van der Waals surface area contributed by atoms with Crippen molar-refractivity contribution in [3.05, 3.63) is 68.7 Å². The molecule has 0 heterocycles. The van der Waals surface area contributed by atoms with Gasteiger partial charge in [0.2, 0.25) is 11.8 Å². The highest BCUT2D eigenvalue weighted by molar-refractivity contribution is 9.10. The number of rotatable bonds is 6. The van der Waals surface area contributed by atoms with Crippen LogP contribution in [0.15, 0.2) is 40.9 Å². The largest absolute Gasteiger partial charge is 0.368 e. The molecular formula is C17H14BrClF2N2O2. The molecule has 2 aromatic carbocycles. The third kappa shape index (κ3) is 5.51. The van der Waals surface area contributed by atoms with Crippen molar-refractivity contribution in [3.8, 4) is 0 Å². The molecule has 3 N–H and O–H groups in total. The maximum absolute atomic E-state index is 13.6. The number of nitrogens with one attached hydrogen (secondary N) is 1. The first-order valence-corrected chi connectivity index (χ1v) is 8.40. The highest BCUT2D eigenvalue weighted by Crippen LogP contribution is 2.22. The molecule has 8 heteroatoms. The van der Waals surface area contributed by atoms with Gasteiger partial charge in [-0.25, -0.2) is 8.78 Å². The molecule has 0 spiro atoms. The van der Waals surface area contributed by atoms with Gasteiger partial charge in [-0.05, 0) is 35.4 Å². The van der Waals surface area contributed by atoms with E-state index < -0.39 is 29.5 Å². The molecule has 0 aliphatic heterocycles. The van der Waals surface area contributed by atoms with E-state index in [-0.39, 0.29) is 18.4 Å². The fourth-order valence-corrected chi connectivity index (χ4v) is 2.83. The molecule has 1 atom stereocenters. The van der Waals surface area contributed by atoms with E-state index in [0.29, 0.717) is 21.1 Å². The summed E-state index contributed by atoms with van der Waals surface area (Å²) in [5.41, 5.74) is 6.04. The predicted molar refractivity (Wildman–Crippen MR) is 94.0 cm³/mol. The van der Waals surface area contributed by atoms with Crippen molar-refractivity contribution in [1.29, 1.82) is 0 Å². The number of carbonyl (C=O) groups excluding carboxylic acids is 2. The molecule has 0 saturated carbocycles. The van der Waals surface area contributed by atoms with Gasteiger partial charge >= 0.3 is 0 Å². The van der Waals surface area contributed by atoms with E-state index in [1.807, 2.05) is 0 Å². The first-order valence-electron chi connectivity index (χ1n) is 7.23. The van der Waals surface area contributed by atoms with E-state index >= 15 is 0 Å². The van der Waals surface area contributed by atoms with Gasteiger partial charge in [0, 0.05) is 22.0 Å². The molecule has 0 saturated heterocycles. The number of primary amides is 1. The van der Waals surface area contributed by atoms with Crippen molar-refractivity contribution in [3.63, 3.8) is 0 Å². The van der Waals surface area contributed by atoms with Crippen LogP contribution in [0.25, 0.3) is 0 Å². The van der Waals surface area contributed by atoms with Gasteiger partial charge in [-0.2, -0.15) is 0 Å². The Hall–Kier alpha value is -1.99. The molecule has 2 amide bonds. The summed E-state index contributed by atoms with van der Waals surface area (Å²) in [7, 11) is 0. The van der Waals surface area contributed by atoms with E-state index in [9.17, 15) is 18.4 Å². The Labute approximate surface area is 156 Å². The smallest absolute Gasteiger partial charge is 0.240 e. The molecule has 2 rings (SSSR count). The molecule has 2 aromatic rings. The topological polar surface area (TPSA) is 72.2 Å². The second-order valence-electron chi connectivity index (χ2n) is 5.37. The fourth-order valence-electron chi connectivity index (χ4n) is 2.23. The summed E-state index contributed by atoms with van der Waals surface area (Å²) in [5.74, 6) is -2.90. The Morgan fingerprint density at radius 2 is 1.88 bits per heavy atom. The summed E-state index contributed by atoms with van der Waals surface area (Å²) < 4.78 is 27.2. The Balaban J connectivity index is 2.09. The van der Waals surface area contributed by atoms with Crippen molar-refractivity contribution in [1.82, 2.24) is 5.32 Å². The SMILES string of the molecule is NC(=O)[C@@H](Cc1cc(Cl)ccc1Br)NC(=O)Cc1ccc(F)cc1F. The van der Waals surface area contributed by atoms with Crippen LogP contribution in [0.3, 0.4) is 0 Å². The van der Waals surface area contributed by atoms with Gasteiger partial charge < -0.3 is 11.1 Å². The van der Waals surface area contributed by atoms with Gasteiger partial charge in [-0.3, -0.25) is 9.59 Å². The lowest BCUT2D eigenvalue weighted by molar-refractivity contribution is -0.127. The number of amides is 2. The van der Waals surface area contributed by atoms with Gasteiger partial charge in [0.15, 0.2) is 0 Å². The lowest BCUT2D eigenvalue weighted by Crippen LogP contribution is -2.46. The van der Waals surface area contributed by atoms with E-state index in [1.165, 1.54) is 6.07 Å². The van der Waals surface area contributed by atoms with Crippen LogP contribution >= 0.6 is 27.5 Å². The van der Waals surface area contributed by atoms with E-state index in [4.69, 9.17) is 17.3 Å². The molecule has 0 radical (unpaired) electrons. The number of halogens is 4. The second-order valence-corrected chi connectivity index (χ2v) is 6.67. The lowest BCUT2D eigenvalue weighted by atomic mass is 10.0. The van der Waals surface area contributed by atoms with Crippen LogP contribution in [-0.2, 0) is 22.4 Å². The molecular weight excluding hydrogens is 418 g/mol. The number of hydrogen-bond acceptors (Lipinski definition) is 2. The third-order valence-corrected chi connectivity index (χ3v) is 4.49. The Kier molecular flexibility index (Phi) is 6.50. The summed E-state index contributed by atoms with van der Waals surface area (Å²) in [6.07, 6.45) is -0.222. The van der Waals surface area contributed by atoms with Crippen LogP contribution in [-0.4, -0.2) is 17.9 Å². The van der Waals surface area contributed by atoms with Gasteiger partial charge in [-0.1, -0.05) is 33.6 Å². The maximum atomic E-state index is 13.6. The summed E-state index contributed by atoms with van der Waals surface area (Å²) in [5, 5.41) is 2.94. The number of benzene rings is 2. The monoisotopic (exact) mass is 430 g/mol. The number of hydrogen-bond donors (Lipinski definition) is 2. The third-order valence-electron chi connectivity index (χ3n) is 3.48. The van der Waals surface area contributed by atoms with E-state index in [0.717, 1.165) is 6.07 Å². The van der Waals surface area contributed by atoms with Crippen LogP contribution in [0.1, 0.15) is 11.1 Å². The minimum atomic E-state index is -0.995. The summed E-state index contributed by atoms with van der Waals surface area (Å²) in [6, 6.07) is 6.96. The molecule has 132 valence electrons. The van der Waals surface area contributed by atoms with Gasteiger partial charge in [0.05, 0.1) is 6.42 Å². The molecule has 0 fully saturated rings.